The Bertz CT molecular complexity index is 1500. The molecule has 1 unspecified atom stereocenters. The zero-order valence-electron chi connectivity index (χ0n) is 20.7. The standard InChI is InChI=1S/C27H27ClN4O3S2/c1-3-31-12-11-19-22(15-31)37-25-24(19)26(34)32(14-17-7-5-4-6-8-17)27(30-25)36-16-23(33)29-18-9-10-21(35-2)20(28)13-18/h4-10,13H,3,11-12,14-16H2,1-2H3,(H,29,33)/p+1. The van der Waals surface area contributed by atoms with Crippen molar-refractivity contribution >= 4 is 56.5 Å². The first-order chi connectivity index (χ1) is 18.0. The van der Waals surface area contributed by atoms with E-state index in [1.165, 1.54) is 21.5 Å². The number of thioether (sulfide) groups is 1. The second-order valence-electron chi connectivity index (χ2n) is 8.92. The van der Waals surface area contributed by atoms with Gasteiger partial charge < -0.3 is 15.0 Å². The Balaban J connectivity index is 1.44. The Labute approximate surface area is 228 Å². The molecule has 4 aromatic rings. The number of amides is 1. The van der Waals surface area contributed by atoms with Gasteiger partial charge in [0.25, 0.3) is 5.56 Å². The molecule has 1 aliphatic rings. The Morgan fingerprint density at radius 1 is 1.27 bits per heavy atom. The minimum Gasteiger partial charge on any atom is -0.495 e. The minimum absolute atomic E-state index is 0.0313. The van der Waals surface area contributed by atoms with Gasteiger partial charge in [0.1, 0.15) is 17.1 Å². The van der Waals surface area contributed by atoms with Crippen molar-refractivity contribution in [3.8, 4) is 5.75 Å². The Morgan fingerprint density at radius 3 is 2.81 bits per heavy atom. The van der Waals surface area contributed by atoms with E-state index in [9.17, 15) is 9.59 Å². The number of fused-ring (bicyclic) bond motifs is 3. The number of methoxy groups -OCH3 is 1. The Hall–Kier alpha value is -2.85. The van der Waals surface area contributed by atoms with E-state index in [1.54, 1.807) is 41.2 Å². The normalized spacial score (nSPS) is 14.9. The van der Waals surface area contributed by atoms with E-state index >= 15 is 0 Å². The molecule has 1 atom stereocenters. The first kappa shape index (κ1) is 25.8. The summed E-state index contributed by atoms with van der Waals surface area (Å²) in [6.45, 7) is 5.62. The summed E-state index contributed by atoms with van der Waals surface area (Å²) in [6, 6.07) is 15.0. The lowest BCUT2D eigenvalue weighted by Crippen LogP contribution is -3.11. The van der Waals surface area contributed by atoms with Crippen LogP contribution in [0.15, 0.2) is 58.5 Å². The highest BCUT2D eigenvalue weighted by atomic mass is 35.5. The highest BCUT2D eigenvalue weighted by Gasteiger charge is 2.27. The molecule has 2 N–H and O–H groups in total. The van der Waals surface area contributed by atoms with Crippen LogP contribution in [0.4, 0.5) is 5.69 Å². The maximum absolute atomic E-state index is 13.9. The number of quaternary nitrogens is 1. The molecule has 37 heavy (non-hydrogen) atoms. The van der Waals surface area contributed by atoms with E-state index in [0.717, 1.165) is 47.4 Å². The highest BCUT2D eigenvalue weighted by molar-refractivity contribution is 7.99. The van der Waals surface area contributed by atoms with Crippen molar-refractivity contribution in [2.75, 3.05) is 31.3 Å². The van der Waals surface area contributed by atoms with Crippen LogP contribution in [0.2, 0.25) is 5.02 Å². The van der Waals surface area contributed by atoms with Crippen LogP contribution in [-0.4, -0.2) is 41.4 Å². The number of rotatable bonds is 8. The number of aromatic nitrogens is 2. The number of nitrogens with one attached hydrogen (secondary N) is 2. The molecule has 192 valence electrons. The van der Waals surface area contributed by atoms with Crippen LogP contribution in [-0.2, 0) is 24.3 Å². The molecular formula is C27H28ClN4O3S2+. The quantitative estimate of drug-likeness (QED) is 0.255. The SMILES string of the molecule is CC[NH+]1CCc2c(sc3nc(SCC(=O)Nc4ccc(OC)c(Cl)c4)n(Cc4ccccc4)c(=O)c23)C1. The molecule has 5 rings (SSSR count). The van der Waals surface area contributed by atoms with E-state index in [0.29, 0.717) is 28.2 Å². The number of hydrogen-bond donors (Lipinski definition) is 2. The molecule has 0 saturated heterocycles. The second-order valence-corrected chi connectivity index (χ2v) is 11.4. The van der Waals surface area contributed by atoms with Gasteiger partial charge in [0, 0.05) is 12.1 Å². The zero-order chi connectivity index (χ0) is 25.9. The molecule has 3 heterocycles. The number of carbonyl (C=O) groups excluding carboxylic acids is 1. The fraction of sp³-hybridized carbons (Fsp3) is 0.296. The van der Waals surface area contributed by atoms with Crippen LogP contribution in [0.3, 0.4) is 0 Å². The van der Waals surface area contributed by atoms with E-state index in [4.69, 9.17) is 21.3 Å². The summed E-state index contributed by atoms with van der Waals surface area (Å²) in [6.07, 6.45) is 0.889. The van der Waals surface area contributed by atoms with Gasteiger partial charge in [-0.15, -0.1) is 11.3 Å². The largest absolute Gasteiger partial charge is 0.495 e. The van der Waals surface area contributed by atoms with Crippen LogP contribution in [0.5, 0.6) is 5.75 Å². The molecule has 1 amide bonds. The maximum Gasteiger partial charge on any atom is 0.263 e. The topological polar surface area (TPSA) is 77.7 Å². The lowest BCUT2D eigenvalue weighted by molar-refractivity contribution is -0.913. The van der Waals surface area contributed by atoms with Gasteiger partial charge in [0.05, 0.1) is 47.8 Å². The number of hydrogen-bond acceptors (Lipinski definition) is 6. The van der Waals surface area contributed by atoms with Crippen LogP contribution in [0.25, 0.3) is 10.2 Å². The molecule has 2 aromatic carbocycles. The monoisotopic (exact) mass is 555 g/mol. The molecule has 0 aliphatic carbocycles. The van der Waals surface area contributed by atoms with Gasteiger partial charge in [-0.3, -0.25) is 14.2 Å². The molecule has 0 bridgehead atoms. The third-order valence-corrected chi connectivity index (χ3v) is 8.95. The van der Waals surface area contributed by atoms with Gasteiger partial charge in [0.15, 0.2) is 5.16 Å². The van der Waals surface area contributed by atoms with Crippen molar-refractivity contribution in [3.63, 3.8) is 0 Å². The molecule has 2 aromatic heterocycles. The van der Waals surface area contributed by atoms with Gasteiger partial charge in [-0.2, -0.15) is 0 Å². The van der Waals surface area contributed by atoms with Crippen LogP contribution in [0, 0.1) is 0 Å². The number of carbonyl (C=O) groups is 1. The molecule has 1 aliphatic heterocycles. The highest BCUT2D eigenvalue weighted by Crippen LogP contribution is 2.31. The van der Waals surface area contributed by atoms with Gasteiger partial charge in [-0.1, -0.05) is 53.7 Å². The Kier molecular flexibility index (Phi) is 7.85. The van der Waals surface area contributed by atoms with Crippen molar-refractivity contribution in [1.82, 2.24) is 9.55 Å². The molecule has 10 heteroatoms. The summed E-state index contributed by atoms with van der Waals surface area (Å²) in [7, 11) is 1.54. The van der Waals surface area contributed by atoms with Crippen LogP contribution >= 0.6 is 34.7 Å². The van der Waals surface area contributed by atoms with Gasteiger partial charge in [-0.05, 0) is 36.2 Å². The summed E-state index contributed by atoms with van der Waals surface area (Å²) < 4.78 is 6.89. The van der Waals surface area contributed by atoms with Crippen molar-refractivity contribution in [3.05, 3.63) is 79.9 Å². The Morgan fingerprint density at radius 2 is 2.08 bits per heavy atom. The number of anilines is 1. The summed E-state index contributed by atoms with van der Waals surface area (Å²) in [5, 5.41) is 4.57. The first-order valence-corrected chi connectivity index (χ1v) is 14.3. The van der Waals surface area contributed by atoms with Gasteiger partial charge in [0.2, 0.25) is 5.91 Å². The van der Waals surface area contributed by atoms with Crippen LogP contribution < -0.4 is 20.5 Å². The van der Waals surface area contributed by atoms with Crippen molar-refractivity contribution in [1.29, 1.82) is 0 Å². The third-order valence-electron chi connectivity index (χ3n) is 6.55. The predicted molar refractivity (Wildman–Crippen MR) is 151 cm³/mol. The maximum atomic E-state index is 13.9. The number of halogens is 1. The molecule has 0 spiro atoms. The van der Waals surface area contributed by atoms with Gasteiger partial charge in [-0.25, -0.2) is 4.98 Å². The summed E-state index contributed by atoms with van der Waals surface area (Å²) in [5.41, 5.74) is 2.71. The smallest absolute Gasteiger partial charge is 0.263 e. The second kappa shape index (κ2) is 11.3. The average Bonchev–Trinajstić information content (AvgIpc) is 3.27. The first-order valence-electron chi connectivity index (χ1n) is 12.2. The number of likely N-dealkylation sites (N-methyl/N-ethyl adjacent to an activating group) is 1. The molecule has 0 fully saturated rings. The molecule has 7 nitrogen and oxygen atoms in total. The molecule has 0 radical (unpaired) electrons. The lowest BCUT2D eigenvalue weighted by Gasteiger charge is -2.22. The molecule has 0 saturated carbocycles. The minimum atomic E-state index is -0.209. The van der Waals surface area contributed by atoms with E-state index < -0.39 is 0 Å². The third kappa shape index (κ3) is 5.55. The van der Waals surface area contributed by atoms with Crippen molar-refractivity contribution in [2.45, 2.75) is 31.6 Å². The number of nitrogens with zero attached hydrogens (tertiary/aromatic N) is 2. The number of benzene rings is 2. The lowest BCUT2D eigenvalue weighted by atomic mass is 10.1. The summed E-state index contributed by atoms with van der Waals surface area (Å²) in [4.78, 5) is 35.1. The fourth-order valence-electron chi connectivity index (χ4n) is 4.58. The fourth-order valence-corrected chi connectivity index (χ4v) is 6.97. The van der Waals surface area contributed by atoms with Crippen molar-refractivity contribution in [2.24, 2.45) is 0 Å². The predicted octanol–water partition coefficient (Wildman–Crippen LogP) is 3.86. The number of thiophene rings is 1. The van der Waals surface area contributed by atoms with Crippen LogP contribution in [0.1, 0.15) is 22.9 Å². The van der Waals surface area contributed by atoms with E-state index in [1.807, 2.05) is 30.3 Å². The van der Waals surface area contributed by atoms with E-state index in [-0.39, 0.29) is 17.2 Å². The zero-order valence-corrected chi connectivity index (χ0v) is 23.1. The average molecular weight is 556 g/mol. The van der Waals surface area contributed by atoms with Gasteiger partial charge >= 0.3 is 0 Å². The summed E-state index contributed by atoms with van der Waals surface area (Å²) in [5.74, 6) is 0.438. The van der Waals surface area contributed by atoms with E-state index in [2.05, 4.69) is 12.2 Å². The summed E-state index contributed by atoms with van der Waals surface area (Å²) >= 11 is 9.08. The van der Waals surface area contributed by atoms with Crippen molar-refractivity contribution < 1.29 is 14.4 Å². The molecular weight excluding hydrogens is 528 g/mol. The number of ether oxygens (including phenoxy) is 1.